The summed E-state index contributed by atoms with van der Waals surface area (Å²) in [6.45, 7) is 2.57. The number of hydrogen-bond acceptors (Lipinski definition) is 6. The maximum atomic E-state index is 12.9. The van der Waals surface area contributed by atoms with Crippen LogP contribution in [0.2, 0.25) is 0 Å². The highest BCUT2D eigenvalue weighted by molar-refractivity contribution is 5.92. The molecule has 1 heterocycles. The molecule has 37 heavy (non-hydrogen) atoms. The van der Waals surface area contributed by atoms with Crippen molar-refractivity contribution in [1.82, 2.24) is 9.78 Å². The summed E-state index contributed by atoms with van der Waals surface area (Å²) in [7, 11) is 0. The average molecular weight is 502 g/mol. The number of nitrogens with zero attached hydrogens (tertiary/aromatic N) is 2. The van der Waals surface area contributed by atoms with Crippen molar-refractivity contribution < 1.29 is 28.9 Å². The maximum absolute atomic E-state index is 12.9. The van der Waals surface area contributed by atoms with Crippen LogP contribution in [0.3, 0.4) is 0 Å². The van der Waals surface area contributed by atoms with Crippen molar-refractivity contribution in [2.75, 3.05) is 11.9 Å². The second-order valence-electron chi connectivity index (χ2n) is 7.98. The van der Waals surface area contributed by atoms with Crippen molar-refractivity contribution in [2.45, 2.75) is 26.7 Å². The van der Waals surface area contributed by atoms with Crippen molar-refractivity contribution >= 4 is 17.6 Å². The van der Waals surface area contributed by atoms with Crippen LogP contribution in [0.25, 0.3) is 0 Å². The van der Waals surface area contributed by atoms with Crippen LogP contribution in [-0.4, -0.2) is 33.4 Å². The van der Waals surface area contributed by atoms with E-state index in [1.165, 1.54) is 10.7 Å². The van der Waals surface area contributed by atoms with Gasteiger partial charge in [0.1, 0.15) is 31.3 Å². The highest BCUT2D eigenvalue weighted by Crippen LogP contribution is 2.26. The summed E-state index contributed by atoms with van der Waals surface area (Å²) in [5.74, 6) is -0.323. The zero-order valence-corrected chi connectivity index (χ0v) is 20.3. The fourth-order valence-corrected chi connectivity index (χ4v) is 3.56. The number of carboxylic acid groups (broad SMARTS) is 1. The number of benzene rings is 3. The van der Waals surface area contributed by atoms with Crippen LogP contribution in [0.5, 0.6) is 17.4 Å². The molecule has 0 aliphatic rings. The van der Waals surface area contributed by atoms with E-state index in [1.54, 1.807) is 18.2 Å². The summed E-state index contributed by atoms with van der Waals surface area (Å²) in [6, 6.07) is 25.4. The molecule has 4 rings (SSSR count). The van der Waals surface area contributed by atoms with E-state index < -0.39 is 11.9 Å². The van der Waals surface area contributed by atoms with E-state index in [0.29, 0.717) is 30.4 Å². The van der Waals surface area contributed by atoms with Gasteiger partial charge in [0, 0.05) is 11.6 Å². The van der Waals surface area contributed by atoms with Gasteiger partial charge in [-0.2, -0.15) is 5.10 Å². The first-order chi connectivity index (χ1) is 18.0. The third kappa shape index (κ3) is 6.88. The zero-order chi connectivity index (χ0) is 26.0. The predicted molar refractivity (Wildman–Crippen MR) is 137 cm³/mol. The topological polar surface area (TPSA) is 112 Å². The molecule has 0 saturated heterocycles. The molecule has 4 aromatic rings. The second-order valence-corrected chi connectivity index (χ2v) is 7.98. The highest BCUT2D eigenvalue weighted by atomic mass is 16.5. The van der Waals surface area contributed by atoms with Crippen LogP contribution in [0.4, 0.5) is 5.69 Å². The third-order valence-electron chi connectivity index (χ3n) is 5.30. The number of anilines is 1. The largest absolute Gasteiger partial charge is 0.493 e. The number of amides is 1. The number of hydrogen-bond donors (Lipinski definition) is 2. The Balaban J connectivity index is 1.45. The molecule has 0 aliphatic carbocycles. The molecule has 0 radical (unpaired) electrons. The van der Waals surface area contributed by atoms with Gasteiger partial charge in [0.2, 0.25) is 11.8 Å². The molecular formula is C28H27N3O6. The third-order valence-corrected chi connectivity index (χ3v) is 5.30. The molecular weight excluding hydrogens is 474 g/mol. The van der Waals surface area contributed by atoms with E-state index in [9.17, 15) is 14.7 Å². The molecule has 190 valence electrons. The normalized spacial score (nSPS) is 10.5. The summed E-state index contributed by atoms with van der Waals surface area (Å²) in [5.41, 5.74) is 2.03. The van der Waals surface area contributed by atoms with Crippen LogP contribution in [-0.2, 0) is 24.6 Å². The van der Waals surface area contributed by atoms with E-state index in [4.69, 9.17) is 14.2 Å². The number of rotatable bonds is 12. The lowest BCUT2D eigenvalue weighted by molar-refractivity contribution is -0.117. The molecule has 9 heteroatoms. The first-order valence-corrected chi connectivity index (χ1v) is 11.7. The summed E-state index contributed by atoms with van der Waals surface area (Å²) in [6.07, 6.45) is 0. The zero-order valence-electron chi connectivity index (χ0n) is 20.3. The number of carbonyl (C=O) groups is 2. The fourth-order valence-electron chi connectivity index (χ4n) is 3.56. The van der Waals surface area contributed by atoms with Gasteiger partial charge in [-0.25, -0.2) is 9.48 Å². The van der Waals surface area contributed by atoms with Crippen molar-refractivity contribution in [1.29, 1.82) is 0 Å². The van der Waals surface area contributed by atoms with E-state index in [2.05, 4.69) is 10.4 Å². The Morgan fingerprint density at radius 2 is 1.57 bits per heavy atom. The molecule has 0 unspecified atom stereocenters. The van der Waals surface area contributed by atoms with Gasteiger partial charge in [0.05, 0.1) is 12.3 Å². The van der Waals surface area contributed by atoms with Crippen LogP contribution >= 0.6 is 0 Å². The quantitative estimate of drug-likeness (QED) is 0.287. The number of para-hydroxylation sites is 3. The minimum Gasteiger partial charge on any atom is -0.493 e. The molecule has 2 N–H and O–H groups in total. The SMILES string of the molecule is CCOc1ccccc1COc1cc(C(=O)O)nn1CC(=O)Nc1ccccc1OCc1ccccc1. The Bertz CT molecular complexity index is 1350. The van der Waals surface area contributed by atoms with Gasteiger partial charge in [0.15, 0.2) is 5.69 Å². The summed E-state index contributed by atoms with van der Waals surface area (Å²) in [4.78, 5) is 24.4. The van der Waals surface area contributed by atoms with Crippen LogP contribution in [0.15, 0.2) is 84.9 Å². The van der Waals surface area contributed by atoms with Gasteiger partial charge in [-0.3, -0.25) is 4.79 Å². The number of aromatic nitrogens is 2. The van der Waals surface area contributed by atoms with E-state index in [-0.39, 0.29) is 24.7 Å². The molecule has 1 amide bonds. The van der Waals surface area contributed by atoms with E-state index in [0.717, 1.165) is 11.1 Å². The molecule has 0 atom stereocenters. The molecule has 9 nitrogen and oxygen atoms in total. The molecule has 3 aromatic carbocycles. The van der Waals surface area contributed by atoms with Gasteiger partial charge in [-0.15, -0.1) is 0 Å². The van der Waals surface area contributed by atoms with Crippen molar-refractivity contribution in [3.05, 3.63) is 102 Å². The molecule has 0 spiro atoms. The smallest absolute Gasteiger partial charge is 0.356 e. The Morgan fingerprint density at radius 3 is 2.32 bits per heavy atom. The second kappa shape index (κ2) is 12.3. The van der Waals surface area contributed by atoms with Gasteiger partial charge in [-0.05, 0) is 30.7 Å². The number of ether oxygens (including phenoxy) is 3. The van der Waals surface area contributed by atoms with Crippen LogP contribution in [0.1, 0.15) is 28.5 Å². The Hall–Kier alpha value is -4.79. The fraction of sp³-hybridized carbons (Fsp3) is 0.179. The average Bonchev–Trinajstić information content (AvgIpc) is 3.31. The molecule has 0 bridgehead atoms. The van der Waals surface area contributed by atoms with Gasteiger partial charge < -0.3 is 24.6 Å². The Morgan fingerprint density at radius 1 is 0.865 bits per heavy atom. The van der Waals surface area contributed by atoms with Gasteiger partial charge >= 0.3 is 5.97 Å². The highest BCUT2D eigenvalue weighted by Gasteiger charge is 2.18. The molecule has 0 saturated carbocycles. The lowest BCUT2D eigenvalue weighted by Gasteiger charge is -2.14. The molecule has 1 aromatic heterocycles. The first-order valence-electron chi connectivity index (χ1n) is 11.7. The summed E-state index contributed by atoms with van der Waals surface area (Å²) >= 11 is 0. The van der Waals surface area contributed by atoms with E-state index >= 15 is 0 Å². The summed E-state index contributed by atoms with van der Waals surface area (Å²) in [5, 5.41) is 16.3. The predicted octanol–water partition coefficient (Wildman–Crippen LogP) is 4.78. The minimum absolute atomic E-state index is 0.110. The number of aromatic carboxylic acids is 1. The number of nitrogens with one attached hydrogen (secondary N) is 1. The Kier molecular flexibility index (Phi) is 8.38. The lowest BCUT2D eigenvalue weighted by atomic mass is 10.2. The van der Waals surface area contributed by atoms with Crippen molar-refractivity contribution in [3.63, 3.8) is 0 Å². The van der Waals surface area contributed by atoms with Gasteiger partial charge in [-0.1, -0.05) is 60.7 Å². The van der Waals surface area contributed by atoms with E-state index in [1.807, 2.05) is 67.6 Å². The minimum atomic E-state index is -1.22. The van der Waals surface area contributed by atoms with Crippen molar-refractivity contribution in [3.8, 4) is 17.4 Å². The standard InChI is InChI=1S/C28H27N3O6/c1-2-35-24-14-8-6-12-21(24)19-37-27-16-23(28(33)34)30-31(27)17-26(32)29-22-13-7-9-15-25(22)36-18-20-10-4-3-5-11-20/h3-16H,2,17-19H2,1H3,(H,29,32)(H,33,34). The Labute approximate surface area is 214 Å². The first kappa shape index (κ1) is 25.3. The van der Waals surface area contributed by atoms with Gasteiger partial charge in [0.25, 0.3) is 0 Å². The monoisotopic (exact) mass is 501 g/mol. The maximum Gasteiger partial charge on any atom is 0.356 e. The molecule has 0 aliphatic heterocycles. The number of carboxylic acids is 1. The van der Waals surface area contributed by atoms with Crippen LogP contribution in [0, 0.1) is 0 Å². The van der Waals surface area contributed by atoms with Crippen LogP contribution < -0.4 is 19.5 Å². The number of carbonyl (C=O) groups excluding carboxylic acids is 1. The lowest BCUT2D eigenvalue weighted by Crippen LogP contribution is -2.21. The summed E-state index contributed by atoms with van der Waals surface area (Å²) < 4.78 is 18.6. The molecule has 0 fully saturated rings. The van der Waals surface area contributed by atoms with Crippen molar-refractivity contribution in [2.24, 2.45) is 0 Å².